The highest BCUT2D eigenvalue weighted by molar-refractivity contribution is 9.10. The average molecular weight is 358 g/mol. The van der Waals surface area contributed by atoms with Crippen molar-refractivity contribution in [2.24, 2.45) is 0 Å². The van der Waals surface area contributed by atoms with Gasteiger partial charge in [-0.05, 0) is 44.4 Å². The van der Waals surface area contributed by atoms with Crippen LogP contribution in [0.25, 0.3) is 11.0 Å². The molecule has 4 heteroatoms. The number of halogens is 2. The summed E-state index contributed by atoms with van der Waals surface area (Å²) in [4.78, 5) is 4.77. The first kappa shape index (κ1) is 15.8. The standard InChI is InChI=1S/C16H22BrClN2/c1-5-16(6-2,7-3)20-14-10-12(17)8-9-13(14)19-15(20)11(4)18/h8-11H,5-7H2,1-4H3. The molecule has 1 aromatic heterocycles. The number of aromatic nitrogens is 2. The Kier molecular flexibility index (Phi) is 4.80. The average Bonchev–Trinajstić information content (AvgIpc) is 2.81. The normalized spacial score (nSPS) is 13.9. The molecule has 0 saturated heterocycles. The minimum Gasteiger partial charge on any atom is -0.321 e. The summed E-state index contributed by atoms with van der Waals surface area (Å²) in [5.74, 6) is 0.977. The van der Waals surface area contributed by atoms with E-state index in [-0.39, 0.29) is 10.9 Å². The van der Waals surface area contributed by atoms with Gasteiger partial charge in [0, 0.05) is 10.0 Å². The number of alkyl halides is 1. The molecular weight excluding hydrogens is 336 g/mol. The van der Waals surface area contributed by atoms with Gasteiger partial charge in [-0.1, -0.05) is 36.7 Å². The van der Waals surface area contributed by atoms with E-state index in [1.807, 2.05) is 13.0 Å². The summed E-state index contributed by atoms with van der Waals surface area (Å²) in [5, 5.41) is -0.0924. The number of hydrogen-bond donors (Lipinski definition) is 0. The van der Waals surface area contributed by atoms with E-state index in [1.54, 1.807) is 0 Å². The van der Waals surface area contributed by atoms with E-state index in [0.717, 1.165) is 35.1 Å². The fourth-order valence-electron chi connectivity index (χ4n) is 3.06. The number of fused-ring (bicyclic) bond motifs is 1. The van der Waals surface area contributed by atoms with Gasteiger partial charge in [-0.2, -0.15) is 0 Å². The van der Waals surface area contributed by atoms with Gasteiger partial charge in [0.15, 0.2) is 0 Å². The van der Waals surface area contributed by atoms with Gasteiger partial charge in [0.05, 0.1) is 16.4 Å². The molecule has 2 rings (SSSR count). The zero-order chi connectivity index (χ0) is 14.9. The summed E-state index contributed by atoms with van der Waals surface area (Å²) in [6.07, 6.45) is 3.23. The number of benzene rings is 1. The summed E-state index contributed by atoms with van der Waals surface area (Å²) in [6, 6.07) is 6.25. The lowest BCUT2D eigenvalue weighted by Gasteiger charge is -2.35. The summed E-state index contributed by atoms with van der Waals surface area (Å²) in [5.41, 5.74) is 2.29. The third-order valence-electron chi connectivity index (χ3n) is 4.45. The predicted molar refractivity (Wildman–Crippen MR) is 90.5 cm³/mol. The molecule has 0 aliphatic heterocycles. The number of imidazole rings is 1. The number of hydrogen-bond acceptors (Lipinski definition) is 1. The van der Waals surface area contributed by atoms with Crippen molar-refractivity contribution in [3.05, 3.63) is 28.5 Å². The molecule has 0 aliphatic rings. The first-order valence-electron chi connectivity index (χ1n) is 7.31. The lowest BCUT2D eigenvalue weighted by molar-refractivity contribution is 0.251. The second-order valence-electron chi connectivity index (χ2n) is 5.34. The molecule has 0 spiro atoms. The highest BCUT2D eigenvalue weighted by Crippen LogP contribution is 2.37. The van der Waals surface area contributed by atoms with Crippen molar-refractivity contribution in [3.8, 4) is 0 Å². The summed E-state index contributed by atoms with van der Waals surface area (Å²) < 4.78 is 3.46. The second kappa shape index (κ2) is 6.07. The second-order valence-corrected chi connectivity index (χ2v) is 6.91. The highest BCUT2D eigenvalue weighted by Gasteiger charge is 2.31. The van der Waals surface area contributed by atoms with E-state index < -0.39 is 0 Å². The Hall–Kier alpha value is -0.540. The van der Waals surface area contributed by atoms with E-state index in [4.69, 9.17) is 16.6 Å². The van der Waals surface area contributed by atoms with Gasteiger partial charge in [0.2, 0.25) is 0 Å². The van der Waals surface area contributed by atoms with Crippen molar-refractivity contribution in [3.63, 3.8) is 0 Å². The molecule has 110 valence electrons. The molecule has 20 heavy (non-hydrogen) atoms. The van der Waals surface area contributed by atoms with Crippen molar-refractivity contribution < 1.29 is 0 Å². The Morgan fingerprint density at radius 3 is 2.35 bits per heavy atom. The van der Waals surface area contributed by atoms with E-state index in [1.165, 1.54) is 5.52 Å². The Morgan fingerprint density at radius 1 is 1.25 bits per heavy atom. The highest BCUT2D eigenvalue weighted by atomic mass is 79.9. The zero-order valence-corrected chi connectivity index (χ0v) is 14.9. The Labute approximate surface area is 134 Å². The van der Waals surface area contributed by atoms with Crippen LogP contribution in [-0.4, -0.2) is 9.55 Å². The SMILES string of the molecule is CCC(CC)(CC)n1c(C(C)Cl)nc2ccc(Br)cc21. The van der Waals surface area contributed by atoms with Gasteiger partial charge in [0.1, 0.15) is 5.82 Å². The van der Waals surface area contributed by atoms with Crippen LogP contribution < -0.4 is 0 Å². The van der Waals surface area contributed by atoms with Crippen LogP contribution in [0.5, 0.6) is 0 Å². The Balaban J connectivity index is 2.83. The maximum Gasteiger partial charge on any atom is 0.128 e. The van der Waals surface area contributed by atoms with Crippen LogP contribution in [0, 0.1) is 0 Å². The monoisotopic (exact) mass is 356 g/mol. The van der Waals surface area contributed by atoms with Crippen molar-refractivity contribution in [2.75, 3.05) is 0 Å². The molecule has 0 saturated carbocycles. The first-order chi connectivity index (χ1) is 9.49. The molecule has 2 aromatic rings. The molecule has 0 aliphatic carbocycles. The van der Waals surface area contributed by atoms with Crippen molar-refractivity contribution in [2.45, 2.75) is 57.9 Å². The zero-order valence-electron chi connectivity index (χ0n) is 12.6. The first-order valence-corrected chi connectivity index (χ1v) is 8.54. The quantitative estimate of drug-likeness (QED) is 0.598. The molecule has 0 N–H and O–H groups in total. The molecule has 0 radical (unpaired) electrons. The van der Waals surface area contributed by atoms with Crippen molar-refractivity contribution in [1.82, 2.24) is 9.55 Å². The molecule has 0 bridgehead atoms. The molecule has 1 aromatic carbocycles. The topological polar surface area (TPSA) is 17.8 Å². The summed E-state index contributed by atoms with van der Waals surface area (Å²) in [7, 11) is 0. The third-order valence-corrected chi connectivity index (χ3v) is 5.14. The van der Waals surface area contributed by atoms with E-state index >= 15 is 0 Å². The van der Waals surface area contributed by atoms with Crippen LogP contribution in [0.1, 0.15) is 58.2 Å². The van der Waals surface area contributed by atoms with E-state index in [9.17, 15) is 0 Å². The van der Waals surface area contributed by atoms with Crippen molar-refractivity contribution >= 4 is 38.6 Å². The summed E-state index contributed by atoms with van der Waals surface area (Å²) in [6.45, 7) is 8.75. The fourth-order valence-corrected chi connectivity index (χ4v) is 3.55. The Bertz CT molecular complexity index is 592. The van der Waals surface area contributed by atoms with Crippen LogP contribution in [0.15, 0.2) is 22.7 Å². The van der Waals surface area contributed by atoms with Crippen LogP contribution >= 0.6 is 27.5 Å². The van der Waals surface area contributed by atoms with Gasteiger partial charge in [0.25, 0.3) is 0 Å². The molecule has 1 unspecified atom stereocenters. The largest absolute Gasteiger partial charge is 0.321 e. The van der Waals surface area contributed by atoms with Crippen LogP contribution in [0.4, 0.5) is 0 Å². The lowest BCUT2D eigenvalue weighted by Crippen LogP contribution is -2.33. The number of nitrogens with zero attached hydrogens (tertiary/aromatic N) is 2. The molecule has 1 atom stereocenters. The molecule has 0 amide bonds. The van der Waals surface area contributed by atoms with Gasteiger partial charge in [-0.15, -0.1) is 11.6 Å². The van der Waals surface area contributed by atoms with Gasteiger partial charge in [-0.3, -0.25) is 0 Å². The van der Waals surface area contributed by atoms with Gasteiger partial charge < -0.3 is 4.57 Å². The lowest BCUT2D eigenvalue weighted by atomic mass is 9.89. The van der Waals surface area contributed by atoms with E-state index in [0.29, 0.717) is 0 Å². The Morgan fingerprint density at radius 2 is 1.85 bits per heavy atom. The smallest absolute Gasteiger partial charge is 0.128 e. The maximum absolute atomic E-state index is 6.40. The van der Waals surface area contributed by atoms with E-state index in [2.05, 4.69) is 53.4 Å². The van der Waals surface area contributed by atoms with Crippen LogP contribution in [0.3, 0.4) is 0 Å². The molecule has 1 heterocycles. The van der Waals surface area contributed by atoms with Crippen molar-refractivity contribution in [1.29, 1.82) is 0 Å². The predicted octanol–water partition coefficient (Wildman–Crippen LogP) is 6.02. The van der Waals surface area contributed by atoms with Gasteiger partial charge in [-0.25, -0.2) is 4.98 Å². The number of rotatable bonds is 5. The fraction of sp³-hybridized carbons (Fsp3) is 0.562. The summed E-state index contributed by atoms with van der Waals surface area (Å²) >= 11 is 9.97. The van der Waals surface area contributed by atoms with Gasteiger partial charge >= 0.3 is 0 Å². The minimum absolute atomic E-state index is 0.0913. The molecule has 0 fully saturated rings. The van der Waals surface area contributed by atoms with Crippen LogP contribution in [-0.2, 0) is 5.54 Å². The minimum atomic E-state index is -0.0924. The third kappa shape index (κ3) is 2.50. The van der Waals surface area contributed by atoms with Crippen LogP contribution in [0.2, 0.25) is 0 Å². The maximum atomic E-state index is 6.40. The molecular formula is C16H22BrClN2. The molecule has 2 nitrogen and oxygen atoms in total.